The van der Waals surface area contributed by atoms with Crippen molar-refractivity contribution in [2.24, 2.45) is 0 Å². The molecule has 0 radical (unpaired) electrons. The number of nitrogens with zero attached hydrogens (tertiary/aromatic N) is 2. The molecule has 1 fully saturated rings. The van der Waals surface area contributed by atoms with Crippen LogP contribution < -0.4 is 4.74 Å². The van der Waals surface area contributed by atoms with Crippen LogP contribution in [0.5, 0.6) is 5.75 Å². The molecule has 1 aromatic carbocycles. The number of aliphatic hydroxyl groups is 1. The first-order valence-corrected chi connectivity index (χ1v) is 6.99. The van der Waals surface area contributed by atoms with E-state index in [1.807, 2.05) is 0 Å². The SMILES string of the molecule is O=C(O)c1ccc(O[C@@H]2CN(Cc3cnc[nH]3)C[C@H]2O)cc1. The van der Waals surface area contributed by atoms with Crippen LogP contribution in [0.4, 0.5) is 0 Å². The van der Waals surface area contributed by atoms with Crippen LogP contribution in [0.1, 0.15) is 16.1 Å². The molecule has 3 N–H and O–H groups in total. The third-order valence-corrected chi connectivity index (χ3v) is 3.65. The third kappa shape index (κ3) is 3.26. The number of aliphatic hydroxyl groups excluding tert-OH is 1. The van der Waals surface area contributed by atoms with Gasteiger partial charge in [0.15, 0.2) is 0 Å². The van der Waals surface area contributed by atoms with Crippen LogP contribution in [0.25, 0.3) is 0 Å². The summed E-state index contributed by atoms with van der Waals surface area (Å²) >= 11 is 0. The van der Waals surface area contributed by atoms with Gasteiger partial charge in [-0.15, -0.1) is 0 Å². The monoisotopic (exact) mass is 303 g/mol. The molecule has 116 valence electrons. The van der Waals surface area contributed by atoms with Crippen molar-refractivity contribution in [2.75, 3.05) is 13.1 Å². The zero-order valence-corrected chi connectivity index (χ0v) is 11.8. The number of rotatable bonds is 5. The summed E-state index contributed by atoms with van der Waals surface area (Å²) < 4.78 is 5.76. The zero-order valence-electron chi connectivity index (χ0n) is 11.8. The molecular formula is C15H17N3O4. The molecule has 0 bridgehead atoms. The van der Waals surface area contributed by atoms with Crippen molar-refractivity contribution in [3.05, 3.63) is 48.0 Å². The summed E-state index contributed by atoms with van der Waals surface area (Å²) in [5.74, 6) is -0.421. The van der Waals surface area contributed by atoms with Crippen molar-refractivity contribution >= 4 is 5.97 Å². The molecule has 22 heavy (non-hydrogen) atoms. The number of aromatic nitrogens is 2. The summed E-state index contributed by atoms with van der Waals surface area (Å²) in [5.41, 5.74) is 1.19. The van der Waals surface area contributed by atoms with E-state index < -0.39 is 12.1 Å². The summed E-state index contributed by atoms with van der Waals surface area (Å²) in [6.07, 6.45) is 2.46. The number of imidazole rings is 1. The Morgan fingerprint density at radius 1 is 1.36 bits per heavy atom. The van der Waals surface area contributed by atoms with Crippen LogP contribution in [0.15, 0.2) is 36.8 Å². The van der Waals surface area contributed by atoms with Gasteiger partial charge in [0.2, 0.25) is 0 Å². The van der Waals surface area contributed by atoms with Crippen molar-refractivity contribution in [1.29, 1.82) is 0 Å². The van der Waals surface area contributed by atoms with E-state index in [9.17, 15) is 9.90 Å². The highest BCUT2D eigenvalue weighted by Crippen LogP contribution is 2.20. The van der Waals surface area contributed by atoms with Gasteiger partial charge in [-0.2, -0.15) is 0 Å². The summed E-state index contributed by atoms with van der Waals surface area (Å²) in [5, 5.41) is 19.0. The van der Waals surface area contributed by atoms with Crippen LogP contribution in [0.2, 0.25) is 0 Å². The molecule has 7 nitrogen and oxygen atoms in total. The zero-order chi connectivity index (χ0) is 15.5. The second kappa shape index (κ2) is 6.17. The second-order valence-corrected chi connectivity index (χ2v) is 5.32. The van der Waals surface area contributed by atoms with E-state index >= 15 is 0 Å². The van der Waals surface area contributed by atoms with Gasteiger partial charge >= 0.3 is 5.97 Å². The van der Waals surface area contributed by atoms with Crippen molar-refractivity contribution < 1.29 is 19.7 Å². The maximum absolute atomic E-state index is 10.8. The minimum Gasteiger partial charge on any atom is -0.486 e. The number of aromatic carboxylic acids is 1. The van der Waals surface area contributed by atoms with Gasteiger partial charge in [-0.1, -0.05) is 0 Å². The fourth-order valence-corrected chi connectivity index (χ4v) is 2.54. The summed E-state index contributed by atoms with van der Waals surface area (Å²) in [4.78, 5) is 19.9. The number of carboxylic acid groups (broad SMARTS) is 1. The van der Waals surface area contributed by atoms with Gasteiger partial charge in [-0.05, 0) is 24.3 Å². The van der Waals surface area contributed by atoms with Crippen LogP contribution in [-0.2, 0) is 6.54 Å². The fraction of sp³-hybridized carbons (Fsp3) is 0.333. The van der Waals surface area contributed by atoms with Gasteiger partial charge in [0.05, 0.1) is 11.9 Å². The highest BCUT2D eigenvalue weighted by atomic mass is 16.5. The van der Waals surface area contributed by atoms with E-state index in [0.717, 1.165) is 5.69 Å². The van der Waals surface area contributed by atoms with Crippen LogP contribution in [0, 0.1) is 0 Å². The van der Waals surface area contributed by atoms with Crippen LogP contribution in [0.3, 0.4) is 0 Å². The van der Waals surface area contributed by atoms with Gasteiger partial charge in [-0.3, -0.25) is 4.90 Å². The van der Waals surface area contributed by atoms with Crippen molar-refractivity contribution in [3.63, 3.8) is 0 Å². The van der Waals surface area contributed by atoms with Crippen LogP contribution >= 0.6 is 0 Å². The minimum absolute atomic E-state index is 0.209. The number of hydrogen-bond donors (Lipinski definition) is 3. The average molecular weight is 303 g/mol. The number of carboxylic acids is 1. The van der Waals surface area contributed by atoms with E-state index in [0.29, 0.717) is 25.4 Å². The molecule has 1 saturated heterocycles. The molecule has 2 aromatic rings. The Kier molecular flexibility index (Phi) is 4.08. The standard InChI is InChI=1S/C15H17N3O4/c19-13-7-18(6-11-5-16-9-17-11)8-14(13)22-12-3-1-10(2-4-12)15(20)21/h1-5,9,13-14,19H,6-8H2,(H,16,17)(H,20,21)/t13-,14-/m1/s1. The maximum atomic E-state index is 10.8. The summed E-state index contributed by atoms with van der Waals surface area (Å²) in [6, 6.07) is 6.18. The van der Waals surface area contributed by atoms with Gasteiger partial charge < -0.3 is 19.9 Å². The average Bonchev–Trinajstić information content (AvgIpc) is 3.11. The van der Waals surface area contributed by atoms with Crippen molar-refractivity contribution in [3.8, 4) is 5.75 Å². The Hall–Kier alpha value is -2.38. The van der Waals surface area contributed by atoms with E-state index in [2.05, 4.69) is 14.9 Å². The first-order chi connectivity index (χ1) is 10.6. The van der Waals surface area contributed by atoms with E-state index in [1.165, 1.54) is 12.1 Å². The van der Waals surface area contributed by atoms with Gasteiger partial charge in [-0.25, -0.2) is 9.78 Å². The molecular weight excluding hydrogens is 286 g/mol. The number of aromatic amines is 1. The molecule has 1 aliphatic rings. The van der Waals surface area contributed by atoms with E-state index in [-0.39, 0.29) is 11.7 Å². The molecule has 0 amide bonds. The Morgan fingerprint density at radius 3 is 2.77 bits per heavy atom. The highest BCUT2D eigenvalue weighted by molar-refractivity contribution is 5.87. The van der Waals surface area contributed by atoms with E-state index in [1.54, 1.807) is 24.7 Å². The molecule has 2 atom stereocenters. The molecule has 1 aromatic heterocycles. The lowest BCUT2D eigenvalue weighted by Crippen LogP contribution is -2.29. The summed E-state index contributed by atoms with van der Waals surface area (Å²) in [7, 11) is 0. The Labute approximate surface area is 127 Å². The summed E-state index contributed by atoms with van der Waals surface area (Å²) in [6.45, 7) is 1.80. The number of nitrogens with one attached hydrogen (secondary N) is 1. The lowest BCUT2D eigenvalue weighted by molar-refractivity contribution is 0.0693. The molecule has 0 saturated carbocycles. The Balaban J connectivity index is 1.59. The number of likely N-dealkylation sites (tertiary alicyclic amines) is 1. The predicted octanol–water partition coefficient (Wildman–Crippen LogP) is 0.732. The molecule has 7 heteroatoms. The second-order valence-electron chi connectivity index (χ2n) is 5.32. The number of β-amino-alcohol motifs (C(OH)–C–C–N with tert-alkyl or cyclic N) is 1. The molecule has 0 spiro atoms. The number of benzene rings is 1. The topological polar surface area (TPSA) is 98.7 Å². The largest absolute Gasteiger partial charge is 0.486 e. The number of H-pyrrole nitrogens is 1. The molecule has 1 aliphatic heterocycles. The number of hydrogen-bond acceptors (Lipinski definition) is 5. The smallest absolute Gasteiger partial charge is 0.335 e. The lowest BCUT2D eigenvalue weighted by Gasteiger charge is -2.17. The maximum Gasteiger partial charge on any atom is 0.335 e. The van der Waals surface area contributed by atoms with Crippen molar-refractivity contribution in [2.45, 2.75) is 18.8 Å². The number of carbonyl (C=O) groups is 1. The van der Waals surface area contributed by atoms with Gasteiger partial charge in [0, 0.05) is 31.5 Å². The minimum atomic E-state index is -0.974. The third-order valence-electron chi connectivity index (χ3n) is 3.65. The van der Waals surface area contributed by atoms with Crippen molar-refractivity contribution in [1.82, 2.24) is 14.9 Å². The normalized spacial score (nSPS) is 21.9. The Bertz CT molecular complexity index is 627. The molecule has 0 unspecified atom stereocenters. The van der Waals surface area contributed by atoms with Gasteiger partial charge in [0.1, 0.15) is 18.0 Å². The first-order valence-electron chi connectivity index (χ1n) is 6.99. The van der Waals surface area contributed by atoms with E-state index in [4.69, 9.17) is 9.84 Å². The predicted molar refractivity (Wildman–Crippen MR) is 77.7 cm³/mol. The fourth-order valence-electron chi connectivity index (χ4n) is 2.54. The molecule has 3 rings (SSSR count). The number of ether oxygens (including phenoxy) is 1. The lowest BCUT2D eigenvalue weighted by atomic mass is 10.2. The quantitative estimate of drug-likeness (QED) is 0.753. The first kappa shape index (κ1) is 14.6. The van der Waals surface area contributed by atoms with Gasteiger partial charge in [0.25, 0.3) is 0 Å². The molecule has 0 aliphatic carbocycles. The Morgan fingerprint density at radius 2 is 2.14 bits per heavy atom. The molecule has 2 heterocycles. The van der Waals surface area contributed by atoms with Crippen LogP contribution in [-0.4, -0.2) is 56.3 Å². The highest BCUT2D eigenvalue weighted by Gasteiger charge is 2.33.